The van der Waals surface area contributed by atoms with Gasteiger partial charge in [-0.25, -0.2) is 14.4 Å². The van der Waals surface area contributed by atoms with Crippen molar-refractivity contribution < 1.29 is 13.9 Å². The first-order chi connectivity index (χ1) is 11.6. The summed E-state index contributed by atoms with van der Waals surface area (Å²) in [5.74, 6) is 1.22. The Morgan fingerprint density at radius 1 is 1.12 bits per heavy atom. The molecule has 0 fully saturated rings. The van der Waals surface area contributed by atoms with Gasteiger partial charge in [0.1, 0.15) is 25.4 Å². The van der Waals surface area contributed by atoms with Gasteiger partial charge >= 0.3 is 0 Å². The van der Waals surface area contributed by atoms with E-state index in [0.29, 0.717) is 46.5 Å². The number of nitrogens with one attached hydrogen (secondary N) is 1. The average molecular weight is 411 g/mol. The third kappa shape index (κ3) is 2.63. The third-order valence-corrected chi connectivity index (χ3v) is 4.91. The molecule has 1 aromatic heterocycles. The summed E-state index contributed by atoms with van der Waals surface area (Å²) in [7, 11) is 0. The van der Waals surface area contributed by atoms with Gasteiger partial charge in [0.05, 0.1) is 20.7 Å². The molecule has 8 heteroatoms. The molecular weight excluding hydrogens is 401 g/mol. The molecule has 2 heterocycles. The summed E-state index contributed by atoms with van der Waals surface area (Å²) in [4.78, 5) is 8.45. The molecule has 0 saturated carbocycles. The van der Waals surface area contributed by atoms with Crippen LogP contribution in [-0.2, 0) is 0 Å². The van der Waals surface area contributed by atoms with E-state index in [1.165, 1.54) is 6.33 Å². The number of anilines is 2. The molecule has 0 atom stereocenters. The van der Waals surface area contributed by atoms with Crippen molar-refractivity contribution in [3.63, 3.8) is 0 Å². The van der Waals surface area contributed by atoms with E-state index >= 15 is 0 Å². The molecule has 0 spiro atoms. The van der Waals surface area contributed by atoms with Crippen LogP contribution < -0.4 is 14.8 Å². The van der Waals surface area contributed by atoms with Crippen LogP contribution in [-0.4, -0.2) is 23.2 Å². The van der Waals surface area contributed by atoms with Gasteiger partial charge in [0, 0.05) is 11.5 Å². The number of fused-ring (bicyclic) bond motifs is 2. The molecule has 1 aliphatic heterocycles. The SMILES string of the molecule is Fc1c(Nc2ncnc3cc4c(cc23)OCCO4)ccc(Cl)c1Br. The lowest BCUT2D eigenvalue weighted by atomic mass is 10.2. The molecular formula is C16H10BrClFN3O2. The lowest BCUT2D eigenvalue weighted by molar-refractivity contribution is 0.172. The largest absolute Gasteiger partial charge is 0.486 e. The number of hydrogen-bond acceptors (Lipinski definition) is 5. The van der Waals surface area contributed by atoms with Crippen LogP contribution in [0.4, 0.5) is 15.9 Å². The van der Waals surface area contributed by atoms with E-state index in [1.54, 1.807) is 24.3 Å². The van der Waals surface area contributed by atoms with E-state index in [-0.39, 0.29) is 10.2 Å². The summed E-state index contributed by atoms with van der Waals surface area (Å²) in [6.07, 6.45) is 1.41. The van der Waals surface area contributed by atoms with Gasteiger partial charge in [-0.15, -0.1) is 0 Å². The molecule has 24 heavy (non-hydrogen) atoms. The molecule has 1 N–H and O–H groups in total. The quantitative estimate of drug-likeness (QED) is 0.621. The average Bonchev–Trinajstić information content (AvgIpc) is 2.61. The molecule has 0 saturated heterocycles. The minimum absolute atomic E-state index is 0.196. The highest BCUT2D eigenvalue weighted by molar-refractivity contribution is 9.10. The first-order valence-corrected chi connectivity index (χ1v) is 8.25. The zero-order chi connectivity index (χ0) is 16.7. The second-order valence-corrected chi connectivity index (χ2v) is 6.28. The number of ether oxygens (including phenoxy) is 2. The van der Waals surface area contributed by atoms with Crippen LogP contribution in [0.3, 0.4) is 0 Å². The Bertz CT molecular complexity index is 954. The number of aromatic nitrogens is 2. The predicted molar refractivity (Wildman–Crippen MR) is 92.9 cm³/mol. The van der Waals surface area contributed by atoms with Crippen LogP contribution in [0.1, 0.15) is 0 Å². The molecule has 0 unspecified atom stereocenters. The van der Waals surface area contributed by atoms with Crippen molar-refractivity contribution in [1.29, 1.82) is 0 Å². The Morgan fingerprint density at radius 3 is 2.67 bits per heavy atom. The van der Waals surface area contributed by atoms with Crippen LogP contribution in [0.2, 0.25) is 5.02 Å². The molecule has 2 aromatic carbocycles. The fourth-order valence-corrected chi connectivity index (χ4v) is 2.93. The van der Waals surface area contributed by atoms with Crippen molar-refractivity contribution in [2.45, 2.75) is 0 Å². The van der Waals surface area contributed by atoms with Crippen LogP contribution in [0.15, 0.2) is 35.1 Å². The van der Waals surface area contributed by atoms with Gasteiger partial charge in [0.15, 0.2) is 17.3 Å². The van der Waals surface area contributed by atoms with Crippen LogP contribution in [0.5, 0.6) is 11.5 Å². The Kier molecular flexibility index (Phi) is 3.90. The Morgan fingerprint density at radius 2 is 1.88 bits per heavy atom. The van der Waals surface area contributed by atoms with Gasteiger partial charge in [-0.2, -0.15) is 0 Å². The summed E-state index contributed by atoms with van der Waals surface area (Å²) >= 11 is 9.02. The van der Waals surface area contributed by atoms with E-state index in [0.717, 1.165) is 0 Å². The Hall–Kier alpha value is -2.12. The molecule has 3 aromatic rings. The fraction of sp³-hybridized carbons (Fsp3) is 0.125. The summed E-state index contributed by atoms with van der Waals surface area (Å²) in [6, 6.07) is 6.72. The van der Waals surface area contributed by atoms with Gasteiger partial charge in [-0.3, -0.25) is 0 Å². The standard InChI is InChI=1S/C16H10BrClFN3O2/c17-14-9(18)1-2-10(15(14)19)22-16-8-5-12-13(24-4-3-23-12)6-11(8)20-7-21-16/h1-2,5-7H,3-4H2,(H,20,21,22). The maximum Gasteiger partial charge on any atom is 0.163 e. The highest BCUT2D eigenvalue weighted by Gasteiger charge is 2.17. The van der Waals surface area contributed by atoms with Crippen molar-refractivity contribution in [3.8, 4) is 11.5 Å². The highest BCUT2D eigenvalue weighted by atomic mass is 79.9. The third-order valence-electron chi connectivity index (χ3n) is 3.59. The molecule has 0 radical (unpaired) electrons. The second kappa shape index (κ2) is 6.07. The maximum atomic E-state index is 14.3. The minimum Gasteiger partial charge on any atom is -0.486 e. The van der Waals surface area contributed by atoms with Crippen molar-refractivity contribution in [1.82, 2.24) is 9.97 Å². The number of hydrogen-bond donors (Lipinski definition) is 1. The Labute approximate surface area is 149 Å². The summed E-state index contributed by atoms with van der Waals surface area (Å²) in [5, 5.41) is 3.98. The second-order valence-electron chi connectivity index (χ2n) is 5.08. The van der Waals surface area contributed by atoms with Crippen LogP contribution in [0.25, 0.3) is 10.9 Å². The molecule has 0 aliphatic carbocycles. The summed E-state index contributed by atoms with van der Waals surface area (Å²) in [6.45, 7) is 0.979. The fourth-order valence-electron chi connectivity index (χ4n) is 2.44. The smallest absolute Gasteiger partial charge is 0.163 e. The predicted octanol–water partition coefficient (Wildman–Crippen LogP) is 4.70. The van der Waals surface area contributed by atoms with Crippen LogP contribution in [0, 0.1) is 5.82 Å². The normalized spacial score (nSPS) is 13.1. The molecule has 0 bridgehead atoms. The van der Waals surface area contributed by atoms with E-state index < -0.39 is 5.82 Å². The summed E-state index contributed by atoms with van der Waals surface area (Å²) < 4.78 is 25.7. The van der Waals surface area contributed by atoms with E-state index in [2.05, 4.69) is 31.2 Å². The highest BCUT2D eigenvalue weighted by Crippen LogP contribution is 2.37. The topological polar surface area (TPSA) is 56.3 Å². The van der Waals surface area contributed by atoms with Gasteiger partial charge < -0.3 is 14.8 Å². The van der Waals surface area contributed by atoms with E-state index in [1.807, 2.05) is 0 Å². The lowest BCUT2D eigenvalue weighted by Crippen LogP contribution is -2.15. The first kappa shape index (κ1) is 15.4. The van der Waals surface area contributed by atoms with Gasteiger partial charge in [-0.1, -0.05) is 11.6 Å². The Balaban J connectivity index is 1.81. The van der Waals surface area contributed by atoms with E-state index in [9.17, 15) is 4.39 Å². The number of nitrogens with zero attached hydrogens (tertiary/aromatic N) is 2. The number of rotatable bonds is 2. The molecule has 4 rings (SSSR count). The molecule has 122 valence electrons. The van der Waals surface area contributed by atoms with Crippen molar-refractivity contribution in [2.75, 3.05) is 18.5 Å². The van der Waals surface area contributed by atoms with Crippen molar-refractivity contribution >= 4 is 49.9 Å². The monoisotopic (exact) mass is 409 g/mol. The molecule has 0 amide bonds. The van der Waals surface area contributed by atoms with Gasteiger partial charge in [-0.05, 0) is 34.1 Å². The zero-order valence-electron chi connectivity index (χ0n) is 12.1. The summed E-state index contributed by atoms with van der Waals surface area (Å²) in [5.41, 5.74) is 0.923. The van der Waals surface area contributed by atoms with Crippen molar-refractivity contribution in [3.05, 3.63) is 45.9 Å². The first-order valence-electron chi connectivity index (χ1n) is 7.08. The minimum atomic E-state index is -0.494. The molecule has 5 nitrogen and oxygen atoms in total. The molecule has 1 aliphatic rings. The number of benzene rings is 2. The van der Waals surface area contributed by atoms with E-state index in [4.69, 9.17) is 21.1 Å². The van der Waals surface area contributed by atoms with Crippen LogP contribution >= 0.6 is 27.5 Å². The van der Waals surface area contributed by atoms with Gasteiger partial charge in [0.25, 0.3) is 0 Å². The maximum absolute atomic E-state index is 14.3. The van der Waals surface area contributed by atoms with Gasteiger partial charge in [0.2, 0.25) is 0 Å². The zero-order valence-corrected chi connectivity index (χ0v) is 14.5. The number of halogens is 3. The van der Waals surface area contributed by atoms with Crippen molar-refractivity contribution in [2.24, 2.45) is 0 Å². The lowest BCUT2D eigenvalue weighted by Gasteiger charge is -2.19.